The monoisotopic (exact) mass is 434 g/mol. The maximum Gasteiger partial charge on any atom is 0.241 e. The number of ether oxygens (including phenoxy) is 1. The first kappa shape index (κ1) is 20.9. The van der Waals surface area contributed by atoms with Crippen LogP contribution >= 0.6 is 0 Å². The van der Waals surface area contributed by atoms with Crippen LogP contribution in [-0.2, 0) is 11.3 Å². The topological polar surface area (TPSA) is 70.8 Å². The highest BCUT2D eigenvalue weighted by molar-refractivity contribution is 5.57. The lowest BCUT2D eigenvalue weighted by atomic mass is 10.1. The molecular weight excluding hydrogens is 404 g/mol. The van der Waals surface area contributed by atoms with Gasteiger partial charge in [0, 0.05) is 56.7 Å². The summed E-state index contributed by atoms with van der Waals surface area (Å²) in [5.74, 6) is 2.20. The van der Waals surface area contributed by atoms with E-state index in [0.717, 1.165) is 63.9 Å². The third-order valence-corrected chi connectivity index (χ3v) is 6.46. The number of hydrogen-bond donors (Lipinski definition) is 0. The van der Waals surface area contributed by atoms with Crippen LogP contribution < -0.4 is 9.80 Å². The molecule has 2 saturated heterocycles. The number of benzene rings is 1. The predicted molar refractivity (Wildman–Crippen MR) is 124 cm³/mol. The number of aryl methyl sites for hydroxylation is 1. The van der Waals surface area contributed by atoms with Gasteiger partial charge in [-0.2, -0.15) is 4.98 Å². The molecule has 168 valence electrons. The van der Waals surface area contributed by atoms with Crippen molar-refractivity contribution in [2.45, 2.75) is 20.4 Å². The minimum atomic E-state index is 0.593. The number of morpholine rings is 1. The van der Waals surface area contributed by atoms with E-state index in [4.69, 9.17) is 9.26 Å². The summed E-state index contributed by atoms with van der Waals surface area (Å²) >= 11 is 0. The van der Waals surface area contributed by atoms with Gasteiger partial charge in [-0.25, -0.2) is 4.98 Å². The van der Waals surface area contributed by atoms with Crippen molar-refractivity contribution in [2.24, 2.45) is 0 Å². The molecule has 2 aliphatic heterocycles. The maximum absolute atomic E-state index is 5.54. The number of aromatic nitrogens is 3. The number of nitrogens with zero attached hydrogens (tertiary/aromatic N) is 6. The van der Waals surface area contributed by atoms with Gasteiger partial charge in [0.1, 0.15) is 5.82 Å². The molecule has 2 aromatic heterocycles. The van der Waals surface area contributed by atoms with Crippen LogP contribution in [0.3, 0.4) is 0 Å². The average molecular weight is 435 g/mol. The molecule has 8 nitrogen and oxygen atoms in total. The Bertz CT molecular complexity index is 1040. The molecule has 2 fully saturated rings. The fraction of sp³-hybridized carbons (Fsp3) is 0.458. The highest BCUT2D eigenvalue weighted by atomic mass is 16.5. The second kappa shape index (κ2) is 9.26. The molecule has 2 aliphatic rings. The van der Waals surface area contributed by atoms with Crippen LogP contribution in [0.1, 0.15) is 17.0 Å². The summed E-state index contributed by atoms with van der Waals surface area (Å²) in [7, 11) is 0. The molecule has 8 heteroatoms. The quantitative estimate of drug-likeness (QED) is 0.607. The van der Waals surface area contributed by atoms with Crippen molar-refractivity contribution in [1.29, 1.82) is 0 Å². The van der Waals surface area contributed by atoms with E-state index >= 15 is 0 Å². The number of piperazine rings is 1. The Hall–Kier alpha value is -2.97. The first-order chi connectivity index (χ1) is 15.7. The molecular formula is C24H30N6O2. The molecule has 0 atom stereocenters. The first-order valence-corrected chi connectivity index (χ1v) is 11.3. The number of rotatable bonds is 5. The van der Waals surface area contributed by atoms with Crippen LogP contribution in [0.4, 0.5) is 11.5 Å². The van der Waals surface area contributed by atoms with Crippen molar-refractivity contribution in [3.05, 3.63) is 53.5 Å². The largest absolute Gasteiger partial charge is 0.378 e. The molecule has 32 heavy (non-hydrogen) atoms. The highest BCUT2D eigenvalue weighted by Crippen LogP contribution is 2.24. The molecule has 1 aromatic carbocycles. The van der Waals surface area contributed by atoms with E-state index < -0.39 is 0 Å². The summed E-state index contributed by atoms with van der Waals surface area (Å²) in [6.07, 6.45) is 1.82. The Morgan fingerprint density at radius 2 is 1.72 bits per heavy atom. The van der Waals surface area contributed by atoms with E-state index in [1.54, 1.807) is 0 Å². The molecule has 3 aromatic rings. The SMILES string of the molecule is Cc1cccc(N2CCN(Cc3nc(-c4ccc(N5CCOCC5)nc4)no3)CC2)c1C. The molecule has 0 spiro atoms. The Morgan fingerprint density at radius 1 is 0.906 bits per heavy atom. The van der Waals surface area contributed by atoms with E-state index in [-0.39, 0.29) is 0 Å². The van der Waals surface area contributed by atoms with Gasteiger partial charge in [0.05, 0.1) is 19.8 Å². The van der Waals surface area contributed by atoms with Gasteiger partial charge in [0.15, 0.2) is 0 Å². The van der Waals surface area contributed by atoms with Crippen molar-refractivity contribution >= 4 is 11.5 Å². The van der Waals surface area contributed by atoms with E-state index in [0.29, 0.717) is 18.3 Å². The van der Waals surface area contributed by atoms with Crippen molar-refractivity contribution in [2.75, 3.05) is 62.3 Å². The Kier molecular flexibility index (Phi) is 6.05. The van der Waals surface area contributed by atoms with E-state index in [9.17, 15) is 0 Å². The molecule has 5 rings (SSSR count). The average Bonchev–Trinajstić information content (AvgIpc) is 3.31. The van der Waals surface area contributed by atoms with E-state index in [1.165, 1.54) is 16.8 Å². The zero-order valence-corrected chi connectivity index (χ0v) is 18.8. The number of hydrogen-bond acceptors (Lipinski definition) is 8. The lowest BCUT2D eigenvalue weighted by Gasteiger charge is -2.36. The van der Waals surface area contributed by atoms with Gasteiger partial charge < -0.3 is 19.1 Å². The standard InChI is InChI=1S/C24H30N6O2/c1-18-4-3-5-21(19(18)2)29-10-8-28(9-11-29)17-23-26-24(27-32-23)20-6-7-22(25-16-20)30-12-14-31-15-13-30/h3-7,16H,8-15,17H2,1-2H3. The van der Waals surface area contributed by atoms with Crippen molar-refractivity contribution in [3.63, 3.8) is 0 Å². The van der Waals surface area contributed by atoms with Crippen LogP contribution in [-0.4, -0.2) is 72.5 Å². The van der Waals surface area contributed by atoms with Crippen LogP contribution in [0, 0.1) is 13.8 Å². The van der Waals surface area contributed by atoms with Gasteiger partial charge in [-0.3, -0.25) is 4.90 Å². The van der Waals surface area contributed by atoms with Crippen LogP contribution in [0.5, 0.6) is 0 Å². The van der Waals surface area contributed by atoms with Crippen molar-refractivity contribution in [3.8, 4) is 11.4 Å². The zero-order chi connectivity index (χ0) is 21.9. The molecule has 4 heterocycles. The third-order valence-electron chi connectivity index (χ3n) is 6.46. The summed E-state index contributed by atoms with van der Waals surface area (Å²) in [5.41, 5.74) is 4.93. The van der Waals surface area contributed by atoms with Gasteiger partial charge in [-0.15, -0.1) is 0 Å². The Balaban J connectivity index is 1.17. The summed E-state index contributed by atoms with van der Waals surface area (Å²) in [6, 6.07) is 10.6. The third kappa shape index (κ3) is 4.47. The van der Waals surface area contributed by atoms with Crippen LogP contribution in [0.2, 0.25) is 0 Å². The summed E-state index contributed by atoms with van der Waals surface area (Å²) in [5, 5.41) is 4.18. The molecule has 0 aliphatic carbocycles. The highest BCUT2D eigenvalue weighted by Gasteiger charge is 2.21. The molecule has 0 bridgehead atoms. The second-order valence-corrected chi connectivity index (χ2v) is 8.50. The lowest BCUT2D eigenvalue weighted by molar-refractivity contribution is 0.122. The molecule has 0 amide bonds. The van der Waals surface area contributed by atoms with Crippen molar-refractivity contribution in [1.82, 2.24) is 20.0 Å². The summed E-state index contributed by atoms with van der Waals surface area (Å²) < 4.78 is 11.0. The molecule has 0 N–H and O–H groups in total. The Morgan fingerprint density at radius 3 is 2.47 bits per heavy atom. The first-order valence-electron chi connectivity index (χ1n) is 11.3. The summed E-state index contributed by atoms with van der Waals surface area (Å²) in [6.45, 7) is 12.2. The van der Waals surface area contributed by atoms with Gasteiger partial charge >= 0.3 is 0 Å². The van der Waals surface area contributed by atoms with Gasteiger partial charge in [0.25, 0.3) is 0 Å². The summed E-state index contributed by atoms with van der Waals surface area (Å²) in [4.78, 5) is 16.3. The van der Waals surface area contributed by atoms with Crippen LogP contribution in [0.15, 0.2) is 41.1 Å². The second-order valence-electron chi connectivity index (χ2n) is 8.50. The normalized spacial score (nSPS) is 17.7. The van der Waals surface area contributed by atoms with Crippen molar-refractivity contribution < 1.29 is 9.26 Å². The number of anilines is 2. The minimum absolute atomic E-state index is 0.593. The molecule has 0 radical (unpaired) electrons. The number of pyridine rings is 1. The predicted octanol–water partition coefficient (Wildman–Crippen LogP) is 2.91. The molecule has 0 unspecified atom stereocenters. The maximum atomic E-state index is 5.54. The smallest absolute Gasteiger partial charge is 0.241 e. The Labute approximate surface area is 188 Å². The minimum Gasteiger partial charge on any atom is -0.378 e. The lowest BCUT2D eigenvalue weighted by Crippen LogP contribution is -2.46. The van der Waals surface area contributed by atoms with E-state index in [2.05, 4.69) is 61.9 Å². The fourth-order valence-corrected chi connectivity index (χ4v) is 4.35. The van der Waals surface area contributed by atoms with Gasteiger partial charge in [-0.05, 0) is 43.2 Å². The van der Waals surface area contributed by atoms with Gasteiger partial charge in [0.2, 0.25) is 11.7 Å². The zero-order valence-electron chi connectivity index (χ0n) is 18.8. The fourth-order valence-electron chi connectivity index (χ4n) is 4.35. The van der Waals surface area contributed by atoms with Crippen LogP contribution in [0.25, 0.3) is 11.4 Å². The van der Waals surface area contributed by atoms with Gasteiger partial charge in [-0.1, -0.05) is 17.3 Å². The molecule has 0 saturated carbocycles. The van der Waals surface area contributed by atoms with E-state index in [1.807, 2.05) is 18.3 Å².